The number of hydrogen-bond donors (Lipinski definition) is 3. The number of aromatic nitrogens is 3. The van der Waals surface area contributed by atoms with Crippen molar-refractivity contribution in [3.8, 4) is 11.6 Å². The van der Waals surface area contributed by atoms with Crippen molar-refractivity contribution in [1.82, 2.24) is 15.2 Å². The van der Waals surface area contributed by atoms with E-state index in [0.717, 1.165) is 17.2 Å². The summed E-state index contributed by atoms with van der Waals surface area (Å²) in [5, 5.41) is 13.2. The standard InChI is InChI=1S/C23H16F3N7O2.C4H8/c24-23(25,26)13-10-15(27)18(28-11-13)21-32-33-22(35-21)31-19-20(34)29-16-9-5-4-8-14(16)17(30-19)12-6-2-1-3-7-12;1-2-4-3-1/h1-11,19H,27H2,(H,29,34)(H,31,33);1-4H2. The Morgan fingerprint density at radius 3 is 2.33 bits per heavy atom. The summed E-state index contributed by atoms with van der Waals surface area (Å²) in [5.41, 5.74) is 6.96. The van der Waals surface area contributed by atoms with Gasteiger partial charge in [0.2, 0.25) is 6.17 Å². The molecule has 9 nitrogen and oxygen atoms in total. The van der Waals surface area contributed by atoms with E-state index in [9.17, 15) is 18.0 Å². The molecule has 4 aromatic rings. The summed E-state index contributed by atoms with van der Waals surface area (Å²) in [5.74, 6) is -0.696. The predicted molar refractivity (Wildman–Crippen MR) is 140 cm³/mol. The van der Waals surface area contributed by atoms with Gasteiger partial charge in [-0.15, -0.1) is 5.10 Å². The first kappa shape index (κ1) is 25.9. The number of carbonyl (C=O) groups is 1. The van der Waals surface area contributed by atoms with Crippen LogP contribution in [0.3, 0.4) is 0 Å². The Kier molecular flexibility index (Phi) is 7.26. The first-order chi connectivity index (χ1) is 18.8. The summed E-state index contributed by atoms with van der Waals surface area (Å²) in [4.78, 5) is 21.2. The van der Waals surface area contributed by atoms with E-state index in [2.05, 4.69) is 30.8 Å². The van der Waals surface area contributed by atoms with Gasteiger partial charge in [0, 0.05) is 17.3 Å². The first-order valence-corrected chi connectivity index (χ1v) is 12.3. The van der Waals surface area contributed by atoms with Gasteiger partial charge in [-0.05, 0) is 12.1 Å². The molecule has 1 atom stereocenters. The first-order valence-electron chi connectivity index (χ1n) is 12.3. The van der Waals surface area contributed by atoms with Crippen LogP contribution in [0.2, 0.25) is 0 Å². The number of nitrogens with one attached hydrogen (secondary N) is 2. The predicted octanol–water partition coefficient (Wildman–Crippen LogP) is 5.52. The zero-order valence-corrected chi connectivity index (χ0v) is 20.6. The van der Waals surface area contributed by atoms with E-state index in [1.165, 1.54) is 25.7 Å². The molecule has 2 aromatic carbocycles. The number of fused-ring (bicyclic) bond motifs is 1. The average molecular weight is 536 g/mol. The Hall–Kier alpha value is -4.74. The molecule has 0 radical (unpaired) electrons. The largest absolute Gasteiger partial charge is 0.417 e. The van der Waals surface area contributed by atoms with E-state index in [0.29, 0.717) is 17.6 Å². The van der Waals surface area contributed by atoms with Gasteiger partial charge in [0.1, 0.15) is 0 Å². The smallest absolute Gasteiger partial charge is 0.402 e. The third-order valence-electron chi connectivity index (χ3n) is 6.13. The van der Waals surface area contributed by atoms with Crippen LogP contribution in [0.1, 0.15) is 42.4 Å². The number of alkyl halides is 3. The number of amides is 1. The van der Waals surface area contributed by atoms with E-state index in [1.54, 1.807) is 12.1 Å². The van der Waals surface area contributed by atoms with Crippen LogP contribution in [0.15, 0.2) is 76.3 Å². The number of pyridine rings is 1. The number of anilines is 3. The number of benzodiazepines with no additional fused rings is 1. The SMILES string of the molecule is C1CCC1.Nc1cc(C(F)(F)F)cnc1-c1nnc(NC2N=C(c3ccccc3)c3ccccc3NC2=O)o1. The molecule has 1 saturated carbocycles. The van der Waals surface area contributed by atoms with Crippen LogP contribution in [0, 0.1) is 0 Å². The monoisotopic (exact) mass is 535 g/mol. The van der Waals surface area contributed by atoms with Gasteiger partial charge in [-0.1, -0.05) is 79.3 Å². The fraction of sp³-hybridized carbons (Fsp3) is 0.222. The van der Waals surface area contributed by atoms with Crippen molar-refractivity contribution in [2.45, 2.75) is 38.0 Å². The molecule has 39 heavy (non-hydrogen) atoms. The maximum atomic E-state index is 12.9. The molecule has 2 aliphatic rings. The van der Waals surface area contributed by atoms with Crippen molar-refractivity contribution in [2.75, 3.05) is 16.4 Å². The van der Waals surface area contributed by atoms with E-state index in [4.69, 9.17) is 10.2 Å². The van der Waals surface area contributed by atoms with Crippen molar-refractivity contribution >= 4 is 29.0 Å². The van der Waals surface area contributed by atoms with Gasteiger partial charge in [0.05, 0.1) is 22.6 Å². The molecule has 1 fully saturated rings. The number of rotatable bonds is 4. The van der Waals surface area contributed by atoms with Gasteiger partial charge < -0.3 is 20.8 Å². The summed E-state index contributed by atoms with van der Waals surface area (Å²) in [6.07, 6.45) is 0.874. The zero-order valence-electron chi connectivity index (χ0n) is 20.6. The summed E-state index contributed by atoms with van der Waals surface area (Å²) in [7, 11) is 0. The van der Waals surface area contributed by atoms with Crippen LogP contribution in [-0.4, -0.2) is 33.0 Å². The summed E-state index contributed by atoms with van der Waals surface area (Å²) >= 11 is 0. The van der Waals surface area contributed by atoms with Gasteiger partial charge in [0.15, 0.2) is 5.69 Å². The number of nitrogens with zero attached hydrogens (tertiary/aromatic N) is 4. The van der Waals surface area contributed by atoms with Crippen molar-refractivity contribution in [3.05, 3.63) is 83.6 Å². The normalized spacial score (nSPS) is 16.4. The molecule has 0 spiro atoms. The van der Waals surface area contributed by atoms with Gasteiger partial charge in [-0.3, -0.25) is 4.79 Å². The van der Waals surface area contributed by atoms with Crippen LogP contribution >= 0.6 is 0 Å². The molecule has 1 aliphatic heterocycles. The minimum Gasteiger partial charge on any atom is -0.402 e. The Bertz CT molecular complexity index is 1490. The van der Waals surface area contributed by atoms with Crippen molar-refractivity contribution in [3.63, 3.8) is 0 Å². The highest BCUT2D eigenvalue weighted by Crippen LogP contribution is 2.33. The molecule has 0 bridgehead atoms. The van der Waals surface area contributed by atoms with Crippen molar-refractivity contribution in [2.24, 2.45) is 4.99 Å². The van der Waals surface area contributed by atoms with E-state index >= 15 is 0 Å². The highest BCUT2D eigenvalue weighted by molar-refractivity contribution is 6.19. The second-order valence-corrected chi connectivity index (χ2v) is 8.91. The number of carbonyl (C=O) groups excluding carboxylic acids is 1. The minimum atomic E-state index is -4.60. The molecule has 4 N–H and O–H groups in total. The molecule has 1 aliphatic carbocycles. The second kappa shape index (κ2) is 10.9. The van der Waals surface area contributed by atoms with Gasteiger partial charge >= 0.3 is 12.2 Å². The molecule has 12 heteroatoms. The number of hydrogen-bond acceptors (Lipinski definition) is 8. The molecule has 2 aromatic heterocycles. The second-order valence-electron chi connectivity index (χ2n) is 8.91. The van der Waals surface area contributed by atoms with E-state index < -0.39 is 23.8 Å². The Morgan fingerprint density at radius 1 is 0.974 bits per heavy atom. The number of para-hydroxylation sites is 1. The molecule has 200 valence electrons. The lowest BCUT2D eigenvalue weighted by molar-refractivity contribution is -0.137. The highest BCUT2D eigenvalue weighted by atomic mass is 19.4. The lowest BCUT2D eigenvalue weighted by Crippen LogP contribution is -2.32. The molecule has 1 amide bonds. The number of halogens is 3. The lowest BCUT2D eigenvalue weighted by Gasteiger charge is -2.11. The number of aliphatic imine (C=N–C) groups is 1. The Balaban J connectivity index is 0.000000707. The van der Waals surface area contributed by atoms with Gasteiger partial charge in [-0.25, -0.2) is 9.98 Å². The summed E-state index contributed by atoms with van der Waals surface area (Å²) in [6.45, 7) is 0. The summed E-state index contributed by atoms with van der Waals surface area (Å²) < 4.78 is 44.1. The number of nitrogens with two attached hydrogens (primary N) is 1. The number of nitrogen functional groups attached to an aromatic ring is 1. The maximum absolute atomic E-state index is 12.9. The lowest BCUT2D eigenvalue weighted by atomic mass is 10.0. The zero-order chi connectivity index (χ0) is 27.4. The van der Waals surface area contributed by atoms with E-state index in [1.807, 2.05) is 42.5 Å². The maximum Gasteiger partial charge on any atom is 0.417 e. The van der Waals surface area contributed by atoms with Crippen LogP contribution in [-0.2, 0) is 11.0 Å². The molecule has 3 heterocycles. The number of benzene rings is 2. The van der Waals surface area contributed by atoms with Crippen molar-refractivity contribution < 1.29 is 22.4 Å². The molecular formula is C27H24F3N7O2. The molecule has 0 saturated heterocycles. The van der Waals surface area contributed by atoms with Crippen LogP contribution in [0.4, 0.5) is 30.6 Å². The van der Waals surface area contributed by atoms with Gasteiger partial charge in [-0.2, -0.15) is 13.2 Å². The third kappa shape index (κ3) is 5.89. The molecular weight excluding hydrogens is 511 g/mol. The summed E-state index contributed by atoms with van der Waals surface area (Å²) in [6, 6.07) is 17.1. The quantitative estimate of drug-likeness (QED) is 0.314. The molecule has 1 unspecified atom stereocenters. The highest BCUT2D eigenvalue weighted by Gasteiger charge is 2.32. The fourth-order valence-corrected chi connectivity index (χ4v) is 3.74. The van der Waals surface area contributed by atoms with Gasteiger partial charge in [0.25, 0.3) is 11.8 Å². The molecule has 6 rings (SSSR count). The van der Waals surface area contributed by atoms with Crippen LogP contribution < -0.4 is 16.4 Å². The third-order valence-corrected chi connectivity index (χ3v) is 6.13. The van der Waals surface area contributed by atoms with Crippen LogP contribution in [0.25, 0.3) is 11.6 Å². The Labute approximate surface area is 221 Å². The van der Waals surface area contributed by atoms with E-state index in [-0.39, 0.29) is 23.3 Å². The average Bonchev–Trinajstić information content (AvgIpc) is 3.28. The Morgan fingerprint density at radius 2 is 1.67 bits per heavy atom. The van der Waals surface area contributed by atoms with Crippen LogP contribution in [0.5, 0.6) is 0 Å². The topological polar surface area (TPSA) is 131 Å². The van der Waals surface area contributed by atoms with Crippen molar-refractivity contribution in [1.29, 1.82) is 0 Å². The minimum absolute atomic E-state index is 0.121. The fourth-order valence-electron chi connectivity index (χ4n) is 3.74.